The highest BCUT2D eigenvalue weighted by molar-refractivity contribution is 6.08. The van der Waals surface area contributed by atoms with Crippen LogP contribution in [-0.2, 0) is 9.53 Å². The number of hydrogen-bond acceptors (Lipinski definition) is 4. The minimum Gasteiger partial charge on any atom is -0.478 e. The molecule has 0 bridgehead atoms. The Morgan fingerprint density at radius 3 is 2.58 bits per heavy atom. The molecule has 2 rings (SSSR count). The third-order valence-corrected chi connectivity index (χ3v) is 2.87. The Bertz CT molecular complexity index is 548. The second kappa shape index (κ2) is 5.06. The monoisotopic (exact) mass is 260 g/mol. The van der Waals surface area contributed by atoms with Crippen LogP contribution >= 0.6 is 0 Å². The van der Waals surface area contributed by atoms with Crippen LogP contribution in [0.2, 0.25) is 0 Å². The van der Waals surface area contributed by atoms with Crippen LogP contribution in [-0.4, -0.2) is 28.9 Å². The molecule has 0 aromatic heterocycles. The number of carbonyl (C=O) groups is 3. The quantitative estimate of drug-likeness (QED) is 0.648. The zero-order chi connectivity index (χ0) is 14.0. The van der Waals surface area contributed by atoms with E-state index in [2.05, 4.69) is 0 Å². The lowest BCUT2D eigenvalue weighted by Gasteiger charge is -2.10. The molecule has 1 aromatic carbocycles. The third kappa shape index (κ3) is 2.70. The number of carbonyl (C=O) groups excluding carboxylic acids is 2. The summed E-state index contributed by atoms with van der Waals surface area (Å²) in [5.74, 6) is -1.95. The summed E-state index contributed by atoms with van der Waals surface area (Å²) >= 11 is 0. The van der Waals surface area contributed by atoms with Gasteiger partial charge in [0.25, 0.3) is 0 Å². The van der Waals surface area contributed by atoms with Gasteiger partial charge in [-0.25, -0.2) is 9.59 Å². The minimum absolute atomic E-state index is 0.0385. The standard InChI is InChI=1S/C14H12O5/c1-8(13(16)17)6-9-7-12(15)10-4-2-3-5-11(10)14(18)19-9/h2-6,9H,7H2,1H3,(H,16,17). The molecule has 1 unspecified atom stereocenters. The van der Waals surface area contributed by atoms with Crippen molar-refractivity contribution in [3.63, 3.8) is 0 Å². The number of ether oxygens (including phenoxy) is 1. The molecule has 1 aliphatic rings. The van der Waals surface area contributed by atoms with Crippen molar-refractivity contribution in [2.24, 2.45) is 0 Å². The van der Waals surface area contributed by atoms with Gasteiger partial charge >= 0.3 is 11.9 Å². The number of benzene rings is 1. The number of esters is 1. The van der Waals surface area contributed by atoms with Gasteiger partial charge in [-0.3, -0.25) is 4.79 Å². The second-order valence-electron chi connectivity index (χ2n) is 4.27. The van der Waals surface area contributed by atoms with Gasteiger partial charge in [-0.15, -0.1) is 0 Å². The van der Waals surface area contributed by atoms with Gasteiger partial charge in [0.1, 0.15) is 6.10 Å². The summed E-state index contributed by atoms with van der Waals surface area (Å²) in [6.45, 7) is 1.39. The number of carboxylic acids is 1. The molecule has 1 heterocycles. The fourth-order valence-corrected chi connectivity index (χ4v) is 1.88. The first kappa shape index (κ1) is 13.0. The van der Waals surface area contributed by atoms with E-state index in [0.717, 1.165) is 0 Å². The molecule has 0 saturated heterocycles. The number of carboxylic acid groups (broad SMARTS) is 1. The molecule has 19 heavy (non-hydrogen) atoms. The Morgan fingerprint density at radius 1 is 1.32 bits per heavy atom. The maximum Gasteiger partial charge on any atom is 0.339 e. The van der Waals surface area contributed by atoms with Crippen molar-refractivity contribution in [2.75, 3.05) is 0 Å². The maximum absolute atomic E-state index is 12.0. The predicted molar refractivity (Wildman–Crippen MR) is 66.0 cm³/mol. The Labute approximate surface area is 109 Å². The van der Waals surface area contributed by atoms with Crippen LogP contribution in [0.5, 0.6) is 0 Å². The van der Waals surface area contributed by atoms with Crippen LogP contribution in [0, 0.1) is 0 Å². The van der Waals surface area contributed by atoms with Crippen LogP contribution < -0.4 is 0 Å². The number of rotatable bonds is 2. The summed E-state index contributed by atoms with van der Waals surface area (Å²) in [6, 6.07) is 6.40. The molecule has 98 valence electrons. The number of hydrogen-bond donors (Lipinski definition) is 1. The Hall–Kier alpha value is -2.43. The highest BCUT2D eigenvalue weighted by Crippen LogP contribution is 2.21. The summed E-state index contributed by atoms with van der Waals surface area (Å²) in [4.78, 5) is 34.6. The number of ketones is 1. The van der Waals surface area contributed by atoms with Gasteiger partial charge in [-0.05, 0) is 19.1 Å². The molecule has 0 amide bonds. The average Bonchev–Trinajstić information content (AvgIpc) is 2.48. The van der Waals surface area contributed by atoms with E-state index >= 15 is 0 Å². The first-order chi connectivity index (χ1) is 8.99. The van der Waals surface area contributed by atoms with Crippen molar-refractivity contribution in [1.29, 1.82) is 0 Å². The van der Waals surface area contributed by atoms with Crippen LogP contribution in [0.1, 0.15) is 34.1 Å². The predicted octanol–water partition coefficient (Wildman–Crippen LogP) is 1.83. The molecule has 1 aromatic rings. The van der Waals surface area contributed by atoms with Crippen LogP contribution in [0.4, 0.5) is 0 Å². The van der Waals surface area contributed by atoms with Gasteiger partial charge in [0.2, 0.25) is 0 Å². The fraction of sp³-hybridized carbons (Fsp3) is 0.214. The molecule has 0 fully saturated rings. The SMILES string of the molecule is CC(=CC1CC(=O)c2ccccc2C(=O)O1)C(=O)O. The molecule has 0 saturated carbocycles. The van der Waals surface area contributed by atoms with Gasteiger partial charge < -0.3 is 9.84 Å². The Kier molecular flexibility index (Phi) is 3.46. The first-order valence-electron chi connectivity index (χ1n) is 5.74. The van der Waals surface area contributed by atoms with E-state index in [0.29, 0.717) is 5.56 Å². The van der Waals surface area contributed by atoms with E-state index in [1.165, 1.54) is 19.1 Å². The van der Waals surface area contributed by atoms with E-state index < -0.39 is 18.0 Å². The first-order valence-corrected chi connectivity index (χ1v) is 5.74. The zero-order valence-corrected chi connectivity index (χ0v) is 10.3. The van der Waals surface area contributed by atoms with E-state index in [1.807, 2.05) is 0 Å². The highest BCUT2D eigenvalue weighted by atomic mass is 16.5. The number of cyclic esters (lactones) is 1. The normalized spacial score (nSPS) is 19.4. The van der Waals surface area contributed by atoms with Gasteiger partial charge in [0.15, 0.2) is 5.78 Å². The number of aliphatic carboxylic acids is 1. The largest absolute Gasteiger partial charge is 0.478 e. The van der Waals surface area contributed by atoms with Crippen molar-refractivity contribution in [3.05, 3.63) is 47.0 Å². The zero-order valence-electron chi connectivity index (χ0n) is 10.3. The maximum atomic E-state index is 12.0. The van der Waals surface area contributed by atoms with E-state index in [1.54, 1.807) is 18.2 Å². The highest BCUT2D eigenvalue weighted by Gasteiger charge is 2.27. The van der Waals surface area contributed by atoms with Crippen molar-refractivity contribution >= 4 is 17.7 Å². The average molecular weight is 260 g/mol. The summed E-state index contributed by atoms with van der Waals surface area (Å²) in [6.07, 6.45) is 0.390. The molecular formula is C14H12O5. The van der Waals surface area contributed by atoms with Crippen LogP contribution in [0.15, 0.2) is 35.9 Å². The molecule has 5 heteroatoms. The Balaban J connectivity index is 2.34. The minimum atomic E-state index is -1.11. The van der Waals surface area contributed by atoms with Crippen molar-refractivity contribution in [2.45, 2.75) is 19.4 Å². The number of fused-ring (bicyclic) bond motifs is 1. The number of Topliss-reactive ketones (excluding diaryl/α,β-unsaturated/α-hetero) is 1. The van der Waals surface area contributed by atoms with Gasteiger partial charge in [-0.2, -0.15) is 0 Å². The molecule has 1 atom stereocenters. The molecular weight excluding hydrogens is 248 g/mol. The fourth-order valence-electron chi connectivity index (χ4n) is 1.88. The second-order valence-corrected chi connectivity index (χ2v) is 4.27. The van der Waals surface area contributed by atoms with Crippen molar-refractivity contribution < 1.29 is 24.2 Å². The van der Waals surface area contributed by atoms with Crippen LogP contribution in [0.3, 0.4) is 0 Å². The third-order valence-electron chi connectivity index (χ3n) is 2.87. The topological polar surface area (TPSA) is 80.7 Å². The molecule has 1 N–H and O–H groups in total. The molecule has 0 radical (unpaired) electrons. The van der Waals surface area contributed by atoms with E-state index in [9.17, 15) is 14.4 Å². The molecule has 0 aliphatic carbocycles. The summed E-state index contributed by atoms with van der Waals surface area (Å²) < 4.78 is 5.13. The van der Waals surface area contributed by atoms with Crippen molar-refractivity contribution in [1.82, 2.24) is 0 Å². The lowest BCUT2D eigenvalue weighted by molar-refractivity contribution is -0.132. The van der Waals surface area contributed by atoms with Crippen LogP contribution in [0.25, 0.3) is 0 Å². The molecule has 0 spiro atoms. The van der Waals surface area contributed by atoms with E-state index in [-0.39, 0.29) is 23.3 Å². The van der Waals surface area contributed by atoms with E-state index in [4.69, 9.17) is 9.84 Å². The molecule has 5 nitrogen and oxygen atoms in total. The van der Waals surface area contributed by atoms with Gasteiger partial charge in [-0.1, -0.05) is 18.2 Å². The summed E-state index contributed by atoms with van der Waals surface area (Å²) in [7, 11) is 0. The van der Waals surface area contributed by atoms with Gasteiger partial charge in [0.05, 0.1) is 12.0 Å². The Morgan fingerprint density at radius 2 is 1.95 bits per heavy atom. The van der Waals surface area contributed by atoms with Crippen molar-refractivity contribution in [3.8, 4) is 0 Å². The lowest BCUT2D eigenvalue weighted by atomic mass is 10.0. The smallest absolute Gasteiger partial charge is 0.339 e. The molecule has 1 aliphatic heterocycles. The van der Waals surface area contributed by atoms with Gasteiger partial charge in [0, 0.05) is 11.1 Å². The lowest BCUT2D eigenvalue weighted by Crippen LogP contribution is -2.16. The summed E-state index contributed by atoms with van der Waals surface area (Å²) in [5.41, 5.74) is 0.573. The summed E-state index contributed by atoms with van der Waals surface area (Å²) in [5, 5.41) is 8.79.